The van der Waals surface area contributed by atoms with Gasteiger partial charge in [0.25, 0.3) is 5.56 Å². The van der Waals surface area contributed by atoms with Crippen LogP contribution in [-0.4, -0.2) is 40.8 Å². The van der Waals surface area contributed by atoms with E-state index in [1.807, 2.05) is 6.92 Å². The molecule has 0 saturated heterocycles. The summed E-state index contributed by atoms with van der Waals surface area (Å²) in [7, 11) is 4.50. The SMILES string of the molecule is COc1cc2c(=O)n(Cc3cnc(C)cn3)cnc2c(OC)c1OC. The Morgan fingerprint density at radius 2 is 1.76 bits per heavy atom. The van der Waals surface area contributed by atoms with E-state index in [2.05, 4.69) is 15.0 Å². The Labute approximate surface area is 144 Å². The third-order valence-corrected chi connectivity index (χ3v) is 3.79. The van der Waals surface area contributed by atoms with Crippen molar-refractivity contribution in [3.8, 4) is 17.2 Å². The Balaban J connectivity index is 2.16. The molecular weight excluding hydrogens is 324 g/mol. The number of hydrogen-bond acceptors (Lipinski definition) is 7. The molecule has 0 amide bonds. The standard InChI is InChI=1S/C17H18N4O4/c1-10-6-19-11(7-18-10)8-21-9-20-14-12(17(21)22)5-13(23-2)15(24-3)16(14)25-4/h5-7,9H,8H2,1-4H3. The van der Waals surface area contributed by atoms with Crippen molar-refractivity contribution in [2.75, 3.05) is 21.3 Å². The van der Waals surface area contributed by atoms with Gasteiger partial charge >= 0.3 is 0 Å². The molecule has 25 heavy (non-hydrogen) atoms. The van der Waals surface area contributed by atoms with Crippen molar-refractivity contribution in [1.82, 2.24) is 19.5 Å². The van der Waals surface area contributed by atoms with E-state index in [1.54, 1.807) is 18.5 Å². The Kier molecular flexibility index (Phi) is 4.51. The second-order valence-electron chi connectivity index (χ2n) is 5.37. The summed E-state index contributed by atoms with van der Waals surface area (Å²) in [4.78, 5) is 25.7. The van der Waals surface area contributed by atoms with Gasteiger partial charge in [0.1, 0.15) is 5.52 Å². The molecule has 2 aromatic heterocycles. The van der Waals surface area contributed by atoms with Crippen LogP contribution in [0.3, 0.4) is 0 Å². The third-order valence-electron chi connectivity index (χ3n) is 3.79. The van der Waals surface area contributed by atoms with Crippen molar-refractivity contribution >= 4 is 10.9 Å². The molecule has 1 aromatic carbocycles. The lowest BCUT2D eigenvalue weighted by atomic mass is 10.2. The summed E-state index contributed by atoms with van der Waals surface area (Å²) in [6.45, 7) is 2.12. The summed E-state index contributed by atoms with van der Waals surface area (Å²) in [6.07, 6.45) is 4.76. The summed E-state index contributed by atoms with van der Waals surface area (Å²) in [5.74, 6) is 1.15. The molecule has 0 spiro atoms. The van der Waals surface area contributed by atoms with Gasteiger partial charge in [0, 0.05) is 6.20 Å². The highest BCUT2D eigenvalue weighted by Gasteiger charge is 2.19. The molecule has 0 aliphatic rings. The molecule has 0 unspecified atom stereocenters. The van der Waals surface area contributed by atoms with Crippen LogP contribution in [0.15, 0.2) is 29.6 Å². The average molecular weight is 342 g/mol. The molecule has 8 nitrogen and oxygen atoms in total. The van der Waals surface area contributed by atoms with Crippen LogP contribution in [-0.2, 0) is 6.54 Å². The molecule has 0 atom stereocenters. The molecule has 0 aliphatic carbocycles. The highest BCUT2D eigenvalue weighted by Crippen LogP contribution is 2.41. The highest BCUT2D eigenvalue weighted by molar-refractivity contribution is 5.89. The topological polar surface area (TPSA) is 88.4 Å². The van der Waals surface area contributed by atoms with Gasteiger partial charge in [0.05, 0.1) is 57.2 Å². The van der Waals surface area contributed by atoms with Crippen LogP contribution in [0, 0.1) is 6.92 Å². The van der Waals surface area contributed by atoms with Gasteiger partial charge < -0.3 is 14.2 Å². The molecule has 0 saturated carbocycles. The van der Waals surface area contributed by atoms with Crippen LogP contribution >= 0.6 is 0 Å². The minimum atomic E-state index is -0.230. The van der Waals surface area contributed by atoms with Gasteiger partial charge in [0.2, 0.25) is 5.75 Å². The summed E-state index contributed by atoms with van der Waals surface area (Å²) in [6, 6.07) is 1.60. The molecule has 130 valence electrons. The van der Waals surface area contributed by atoms with E-state index >= 15 is 0 Å². The monoisotopic (exact) mass is 342 g/mol. The predicted octanol–water partition coefficient (Wildman–Crippen LogP) is 1.57. The van der Waals surface area contributed by atoms with E-state index in [9.17, 15) is 4.79 Å². The van der Waals surface area contributed by atoms with Crippen molar-refractivity contribution in [1.29, 1.82) is 0 Å². The molecule has 0 fully saturated rings. The first-order chi connectivity index (χ1) is 12.1. The Bertz CT molecular complexity index is 967. The first kappa shape index (κ1) is 16.7. The van der Waals surface area contributed by atoms with E-state index in [1.165, 1.54) is 32.2 Å². The molecule has 3 aromatic rings. The number of fused-ring (bicyclic) bond motifs is 1. The molecule has 0 bridgehead atoms. The summed E-state index contributed by atoms with van der Waals surface area (Å²) >= 11 is 0. The van der Waals surface area contributed by atoms with Crippen LogP contribution in [0.5, 0.6) is 17.2 Å². The normalized spacial score (nSPS) is 10.7. The van der Waals surface area contributed by atoms with Crippen molar-refractivity contribution in [3.05, 3.63) is 46.5 Å². The lowest BCUT2D eigenvalue weighted by molar-refractivity contribution is 0.326. The Hall–Kier alpha value is -3.16. The number of aromatic nitrogens is 4. The van der Waals surface area contributed by atoms with Crippen molar-refractivity contribution < 1.29 is 14.2 Å². The van der Waals surface area contributed by atoms with Gasteiger partial charge in [-0.1, -0.05) is 0 Å². The van der Waals surface area contributed by atoms with Gasteiger partial charge in [-0.15, -0.1) is 0 Å². The largest absolute Gasteiger partial charge is 0.493 e. The fourth-order valence-electron chi connectivity index (χ4n) is 2.55. The number of methoxy groups -OCH3 is 3. The fraction of sp³-hybridized carbons (Fsp3) is 0.294. The zero-order chi connectivity index (χ0) is 18.0. The number of benzene rings is 1. The van der Waals surface area contributed by atoms with Crippen LogP contribution in [0.25, 0.3) is 10.9 Å². The lowest BCUT2D eigenvalue weighted by Gasteiger charge is -2.14. The second-order valence-corrected chi connectivity index (χ2v) is 5.37. The number of nitrogens with zero attached hydrogens (tertiary/aromatic N) is 4. The van der Waals surface area contributed by atoms with E-state index in [4.69, 9.17) is 14.2 Å². The van der Waals surface area contributed by atoms with Gasteiger partial charge in [-0.25, -0.2) is 4.98 Å². The molecule has 0 aliphatic heterocycles. The van der Waals surface area contributed by atoms with Crippen LogP contribution in [0.2, 0.25) is 0 Å². The number of aryl methyl sites for hydroxylation is 1. The smallest absolute Gasteiger partial charge is 0.261 e. The number of rotatable bonds is 5. The Morgan fingerprint density at radius 1 is 1.00 bits per heavy atom. The van der Waals surface area contributed by atoms with Gasteiger partial charge in [0.15, 0.2) is 11.5 Å². The maximum atomic E-state index is 12.9. The number of hydrogen-bond donors (Lipinski definition) is 0. The lowest BCUT2D eigenvalue weighted by Crippen LogP contribution is -2.22. The predicted molar refractivity (Wildman–Crippen MR) is 91.5 cm³/mol. The zero-order valence-electron chi connectivity index (χ0n) is 14.4. The highest BCUT2D eigenvalue weighted by atomic mass is 16.5. The molecule has 0 N–H and O–H groups in total. The van der Waals surface area contributed by atoms with Crippen molar-refractivity contribution in [3.63, 3.8) is 0 Å². The van der Waals surface area contributed by atoms with Crippen LogP contribution < -0.4 is 19.8 Å². The third kappa shape index (κ3) is 2.98. The van der Waals surface area contributed by atoms with E-state index in [0.29, 0.717) is 33.8 Å². The average Bonchev–Trinajstić information content (AvgIpc) is 2.64. The molecule has 3 rings (SSSR count). The quantitative estimate of drug-likeness (QED) is 0.695. The zero-order valence-corrected chi connectivity index (χ0v) is 14.4. The van der Waals surface area contributed by atoms with E-state index in [0.717, 1.165) is 5.69 Å². The molecule has 0 radical (unpaired) electrons. The molecule has 8 heteroatoms. The van der Waals surface area contributed by atoms with Crippen molar-refractivity contribution in [2.24, 2.45) is 0 Å². The van der Waals surface area contributed by atoms with Crippen LogP contribution in [0.1, 0.15) is 11.4 Å². The van der Waals surface area contributed by atoms with Gasteiger partial charge in [-0.05, 0) is 13.0 Å². The van der Waals surface area contributed by atoms with Crippen LogP contribution in [0.4, 0.5) is 0 Å². The Morgan fingerprint density at radius 3 is 2.36 bits per heavy atom. The minimum Gasteiger partial charge on any atom is -0.493 e. The second kappa shape index (κ2) is 6.76. The first-order valence-electron chi connectivity index (χ1n) is 7.54. The molecular formula is C17H18N4O4. The maximum Gasteiger partial charge on any atom is 0.261 e. The summed E-state index contributed by atoms with van der Waals surface area (Å²) < 4.78 is 17.5. The van der Waals surface area contributed by atoms with Gasteiger partial charge in [-0.2, -0.15) is 0 Å². The maximum absolute atomic E-state index is 12.9. The number of ether oxygens (including phenoxy) is 3. The fourth-order valence-corrected chi connectivity index (χ4v) is 2.55. The summed E-state index contributed by atoms with van der Waals surface area (Å²) in [5.41, 5.74) is 1.67. The van der Waals surface area contributed by atoms with Crippen molar-refractivity contribution in [2.45, 2.75) is 13.5 Å². The molecule has 2 heterocycles. The van der Waals surface area contributed by atoms with E-state index < -0.39 is 0 Å². The van der Waals surface area contributed by atoms with E-state index in [-0.39, 0.29) is 12.1 Å². The first-order valence-corrected chi connectivity index (χ1v) is 7.54. The summed E-state index contributed by atoms with van der Waals surface area (Å²) in [5, 5.41) is 0.372. The minimum absolute atomic E-state index is 0.230. The van der Waals surface area contributed by atoms with Gasteiger partial charge in [-0.3, -0.25) is 19.3 Å².